The number of ether oxygens (including phenoxy) is 4. The fourth-order valence-electron chi connectivity index (χ4n) is 7.40. The Balaban J connectivity index is 1.01. The van der Waals surface area contributed by atoms with Gasteiger partial charge in [0.25, 0.3) is 0 Å². The van der Waals surface area contributed by atoms with Crippen LogP contribution >= 0.6 is 0 Å². The van der Waals surface area contributed by atoms with Crippen LogP contribution in [0.1, 0.15) is 48.6 Å². The van der Waals surface area contributed by atoms with Gasteiger partial charge in [0.2, 0.25) is 0 Å². The molecule has 65 heavy (non-hydrogen) atoms. The third kappa shape index (κ3) is 10.2. The Labute approximate surface area is 373 Å². The third-order valence-electron chi connectivity index (χ3n) is 11.1. The lowest BCUT2D eigenvalue weighted by molar-refractivity contribution is 0.130. The Kier molecular flexibility index (Phi) is 14.7. The van der Waals surface area contributed by atoms with Crippen molar-refractivity contribution in [2.24, 2.45) is 10.7 Å². The standard InChI is InChI=1S/C47H52F4N10O4/c1-7-60(10-8-53-19-32(18-52)28-12-34-30(22-57-46(34)55-20-28)14-36-42(48)38(62-4)16-39(63-5)43(36)49)26-65-41-17-40(64-6)44(50)37(45(41)51)15-31-23-58-47-35(31)13-29(21-56-47)33-24-59-61(25-33)11-9-54-27(2)3/h12-13,16-25,27,54H,7-11,14-15,26,52H2,1-6H3,(H,55,57)(H,56,58). The average molecular weight is 897 g/mol. The summed E-state index contributed by atoms with van der Waals surface area (Å²) in [7, 11) is 3.91. The van der Waals surface area contributed by atoms with Gasteiger partial charge in [0.1, 0.15) is 18.0 Å². The molecule has 0 bridgehead atoms. The number of nitrogens with zero attached hydrogens (tertiary/aromatic N) is 6. The number of fused-ring (bicyclic) bond motifs is 2. The molecule has 0 aliphatic rings. The number of likely N-dealkylation sites (N-methyl/N-ethyl adjacent to an activating group) is 1. The first-order valence-electron chi connectivity index (χ1n) is 21.1. The van der Waals surface area contributed by atoms with Crippen molar-refractivity contribution in [1.29, 1.82) is 0 Å². The van der Waals surface area contributed by atoms with E-state index in [9.17, 15) is 0 Å². The summed E-state index contributed by atoms with van der Waals surface area (Å²) in [5, 5.41) is 9.21. The minimum absolute atomic E-state index is 0.0183. The number of halogens is 4. The van der Waals surface area contributed by atoms with Gasteiger partial charge in [0, 0.05) is 132 Å². The smallest absolute Gasteiger partial charge is 0.171 e. The SMILES string of the molecule is CCN(CCN=CC(=CN)c1cnc2[nH]cc(Cc3c(F)c(OC)cc(OC)c3F)c2c1)COc1cc(OC)c(F)c(Cc2c[nH]c3ncc(-c4cnn(CCNC(C)C)c4)cc23)c1F. The zero-order valence-electron chi connectivity index (χ0n) is 37.1. The predicted octanol–water partition coefficient (Wildman–Crippen LogP) is 7.79. The molecule has 0 saturated heterocycles. The number of aromatic amines is 2. The number of hydrogen-bond donors (Lipinski definition) is 4. The van der Waals surface area contributed by atoms with E-state index in [0.29, 0.717) is 71.2 Å². The molecule has 0 saturated carbocycles. The molecule has 18 heteroatoms. The molecular weight excluding hydrogens is 845 g/mol. The molecule has 5 N–H and O–H groups in total. The van der Waals surface area contributed by atoms with Crippen molar-refractivity contribution in [2.75, 3.05) is 54.2 Å². The number of methoxy groups -OCH3 is 3. The number of nitrogens with two attached hydrogens (primary N) is 1. The zero-order chi connectivity index (χ0) is 46.2. The molecule has 0 amide bonds. The van der Waals surface area contributed by atoms with E-state index in [1.54, 1.807) is 37.2 Å². The molecule has 0 radical (unpaired) electrons. The number of allylic oxidation sites excluding steroid dienone is 1. The normalized spacial score (nSPS) is 12.2. The first-order chi connectivity index (χ1) is 31.5. The van der Waals surface area contributed by atoms with Crippen LogP contribution in [0.5, 0.6) is 23.0 Å². The van der Waals surface area contributed by atoms with Crippen molar-refractivity contribution in [3.05, 3.63) is 119 Å². The molecule has 0 unspecified atom stereocenters. The number of benzene rings is 2. The molecule has 5 heterocycles. The number of hydrogen-bond acceptors (Lipinski definition) is 11. The molecular formula is C47H52F4N10O4. The van der Waals surface area contributed by atoms with E-state index in [0.717, 1.165) is 23.1 Å². The van der Waals surface area contributed by atoms with Crippen LogP contribution in [0.2, 0.25) is 0 Å². The molecule has 0 spiro atoms. The maximum Gasteiger partial charge on any atom is 0.171 e. The number of pyridine rings is 2. The second-order valence-electron chi connectivity index (χ2n) is 15.5. The Morgan fingerprint density at radius 1 is 0.815 bits per heavy atom. The van der Waals surface area contributed by atoms with Gasteiger partial charge in [-0.2, -0.15) is 5.10 Å². The van der Waals surface area contributed by atoms with Crippen LogP contribution in [0.25, 0.3) is 38.8 Å². The quantitative estimate of drug-likeness (QED) is 0.0318. The first kappa shape index (κ1) is 46.1. The summed E-state index contributed by atoms with van der Waals surface area (Å²) in [5.74, 6) is -3.88. The van der Waals surface area contributed by atoms with Gasteiger partial charge in [-0.1, -0.05) is 20.8 Å². The van der Waals surface area contributed by atoms with E-state index in [1.165, 1.54) is 39.7 Å². The lowest BCUT2D eigenvalue weighted by Gasteiger charge is -2.21. The lowest BCUT2D eigenvalue weighted by Crippen LogP contribution is -2.30. The highest BCUT2D eigenvalue weighted by molar-refractivity contribution is 6.10. The van der Waals surface area contributed by atoms with E-state index >= 15 is 17.6 Å². The van der Waals surface area contributed by atoms with Gasteiger partial charge in [-0.25, -0.2) is 27.5 Å². The zero-order valence-corrected chi connectivity index (χ0v) is 37.1. The molecule has 5 aromatic heterocycles. The van der Waals surface area contributed by atoms with Gasteiger partial charge in [-0.3, -0.25) is 14.6 Å². The minimum Gasteiger partial charge on any atom is -0.494 e. The van der Waals surface area contributed by atoms with Gasteiger partial charge >= 0.3 is 0 Å². The van der Waals surface area contributed by atoms with E-state index in [2.05, 4.69) is 49.2 Å². The topological polar surface area (TPSA) is 166 Å². The van der Waals surface area contributed by atoms with E-state index in [4.69, 9.17) is 24.7 Å². The van der Waals surface area contributed by atoms with Gasteiger partial charge < -0.3 is 40.0 Å². The monoisotopic (exact) mass is 896 g/mol. The Hall–Kier alpha value is -6.92. The first-order valence-corrected chi connectivity index (χ1v) is 21.1. The van der Waals surface area contributed by atoms with Crippen LogP contribution in [0, 0.1) is 23.3 Å². The van der Waals surface area contributed by atoms with E-state index < -0.39 is 23.3 Å². The van der Waals surface area contributed by atoms with Crippen molar-refractivity contribution in [2.45, 2.75) is 46.2 Å². The van der Waals surface area contributed by atoms with Crippen molar-refractivity contribution < 1.29 is 36.5 Å². The van der Waals surface area contributed by atoms with Crippen molar-refractivity contribution >= 4 is 33.9 Å². The van der Waals surface area contributed by atoms with Crippen molar-refractivity contribution in [3.8, 4) is 34.1 Å². The Morgan fingerprint density at radius 2 is 1.40 bits per heavy atom. The number of nitrogens with one attached hydrogen (secondary N) is 3. The van der Waals surface area contributed by atoms with Gasteiger partial charge in [-0.05, 0) is 29.8 Å². The van der Waals surface area contributed by atoms with Gasteiger partial charge in [0.15, 0.2) is 46.3 Å². The number of aromatic nitrogens is 6. The van der Waals surface area contributed by atoms with Crippen LogP contribution in [0.3, 0.4) is 0 Å². The highest BCUT2D eigenvalue weighted by Gasteiger charge is 2.24. The van der Waals surface area contributed by atoms with Crippen LogP contribution in [0.4, 0.5) is 17.6 Å². The average Bonchev–Trinajstić information content (AvgIpc) is 4.06. The lowest BCUT2D eigenvalue weighted by atomic mass is 10.0. The second kappa shape index (κ2) is 20.7. The minimum atomic E-state index is -0.834. The molecule has 0 atom stereocenters. The van der Waals surface area contributed by atoms with Gasteiger partial charge in [-0.15, -0.1) is 0 Å². The summed E-state index contributed by atoms with van der Waals surface area (Å²) in [6.45, 7) is 8.85. The summed E-state index contributed by atoms with van der Waals surface area (Å²) < 4.78 is 85.8. The van der Waals surface area contributed by atoms with Gasteiger partial charge in [0.05, 0.1) is 40.6 Å². The fraction of sp³-hybridized carbons (Fsp3) is 0.319. The molecule has 2 aromatic carbocycles. The van der Waals surface area contributed by atoms with Crippen LogP contribution < -0.4 is 30.0 Å². The summed E-state index contributed by atoms with van der Waals surface area (Å²) in [4.78, 5) is 21.7. The Bertz CT molecular complexity index is 2810. The van der Waals surface area contributed by atoms with Crippen LogP contribution in [-0.4, -0.2) is 101 Å². The number of aliphatic imine (C=N–C) groups is 1. The summed E-state index contributed by atoms with van der Waals surface area (Å²) in [6.07, 6.45) is 13.2. The Morgan fingerprint density at radius 3 is 1.98 bits per heavy atom. The predicted molar refractivity (Wildman–Crippen MR) is 243 cm³/mol. The third-order valence-corrected chi connectivity index (χ3v) is 11.1. The van der Waals surface area contributed by atoms with E-state index in [1.807, 2.05) is 34.8 Å². The van der Waals surface area contributed by atoms with Crippen molar-refractivity contribution in [3.63, 3.8) is 0 Å². The molecule has 0 fully saturated rings. The molecule has 0 aliphatic heterocycles. The highest BCUT2D eigenvalue weighted by Crippen LogP contribution is 2.36. The van der Waals surface area contributed by atoms with Crippen molar-refractivity contribution in [1.82, 2.24) is 39.9 Å². The highest BCUT2D eigenvalue weighted by atomic mass is 19.1. The molecule has 7 aromatic rings. The summed E-state index contributed by atoms with van der Waals surface area (Å²) in [6, 6.07) is 6.50. The molecule has 14 nitrogen and oxygen atoms in total. The number of rotatable bonds is 21. The molecule has 342 valence electrons. The molecule has 0 aliphatic carbocycles. The number of H-pyrrole nitrogens is 2. The largest absolute Gasteiger partial charge is 0.494 e. The summed E-state index contributed by atoms with van der Waals surface area (Å²) >= 11 is 0. The maximum atomic E-state index is 16.2. The maximum absolute atomic E-state index is 16.2. The van der Waals surface area contributed by atoms with E-state index in [-0.39, 0.29) is 53.7 Å². The molecule has 7 rings (SSSR count). The fourth-order valence-corrected chi connectivity index (χ4v) is 7.40. The van der Waals surface area contributed by atoms with Crippen LogP contribution in [-0.2, 0) is 19.4 Å². The summed E-state index contributed by atoms with van der Waals surface area (Å²) in [5.41, 5.74) is 10.8. The second-order valence-corrected chi connectivity index (χ2v) is 15.5. The van der Waals surface area contributed by atoms with Crippen LogP contribution in [0.15, 0.2) is 72.6 Å².